The van der Waals surface area contributed by atoms with Gasteiger partial charge in [-0.2, -0.15) is 0 Å². The molecule has 0 saturated carbocycles. The second-order valence-corrected chi connectivity index (χ2v) is 7.95. The van der Waals surface area contributed by atoms with Crippen molar-refractivity contribution >= 4 is 17.2 Å². The van der Waals surface area contributed by atoms with E-state index >= 15 is 0 Å². The van der Waals surface area contributed by atoms with Crippen molar-refractivity contribution in [2.24, 2.45) is 0 Å². The molecule has 1 aliphatic heterocycles. The first-order valence-electron chi connectivity index (χ1n) is 9.71. The van der Waals surface area contributed by atoms with Crippen molar-refractivity contribution in [2.75, 3.05) is 27.9 Å². The van der Waals surface area contributed by atoms with Crippen LogP contribution in [0.15, 0.2) is 41.8 Å². The molecule has 2 aromatic carbocycles. The lowest BCUT2D eigenvalue weighted by atomic mass is 9.98. The minimum Gasteiger partial charge on any atom is -0.497 e. The Morgan fingerprint density at radius 1 is 1.07 bits per heavy atom. The van der Waals surface area contributed by atoms with Gasteiger partial charge in [-0.3, -0.25) is 4.79 Å². The monoisotopic (exact) mass is 424 g/mol. The molecule has 7 heteroatoms. The second-order valence-electron chi connectivity index (χ2n) is 7.09. The Labute approximate surface area is 180 Å². The van der Waals surface area contributed by atoms with E-state index in [0.717, 1.165) is 39.7 Å². The van der Waals surface area contributed by atoms with Crippen molar-refractivity contribution in [3.63, 3.8) is 0 Å². The molecule has 0 bridgehead atoms. The molecule has 30 heavy (non-hydrogen) atoms. The first-order valence-corrected chi connectivity index (χ1v) is 10.6. The summed E-state index contributed by atoms with van der Waals surface area (Å²) in [5, 5.41) is 2.84. The van der Waals surface area contributed by atoms with Crippen LogP contribution in [-0.2, 0) is 24.2 Å². The van der Waals surface area contributed by atoms with E-state index in [1.54, 1.807) is 32.7 Å². The van der Waals surface area contributed by atoms with Gasteiger partial charge in [0.2, 0.25) is 5.91 Å². The van der Waals surface area contributed by atoms with Crippen LogP contribution in [0.2, 0.25) is 0 Å². The number of ether oxygens (including phenoxy) is 3. The fourth-order valence-electron chi connectivity index (χ4n) is 3.64. The van der Waals surface area contributed by atoms with E-state index in [9.17, 15) is 4.79 Å². The Bertz CT molecular complexity index is 1060. The Kier molecular flexibility index (Phi) is 5.90. The average molecular weight is 425 g/mol. The first-order chi connectivity index (χ1) is 14.6. The number of carbonyl (C=O) groups is 1. The highest BCUT2D eigenvalue weighted by Crippen LogP contribution is 2.33. The summed E-state index contributed by atoms with van der Waals surface area (Å²) in [7, 11) is 4.90. The zero-order valence-corrected chi connectivity index (χ0v) is 18.1. The molecule has 0 atom stereocenters. The average Bonchev–Trinajstić information content (AvgIpc) is 3.26. The summed E-state index contributed by atoms with van der Waals surface area (Å²) in [5.41, 5.74) is 4.08. The van der Waals surface area contributed by atoms with Crippen LogP contribution < -0.4 is 14.2 Å². The van der Waals surface area contributed by atoms with Crippen molar-refractivity contribution in [2.45, 2.75) is 19.4 Å². The van der Waals surface area contributed by atoms with Gasteiger partial charge in [-0.25, -0.2) is 4.98 Å². The Balaban J connectivity index is 1.46. The second kappa shape index (κ2) is 8.75. The van der Waals surface area contributed by atoms with Crippen LogP contribution in [0, 0.1) is 0 Å². The van der Waals surface area contributed by atoms with E-state index in [2.05, 4.69) is 4.98 Å². The lowest BCUT2D eigenvalue weighted by Gasteiger charge is -2.29. The van der Waals surface area contributed by atoms with Gasteiger partial charge >= 0.3 is 0 Å². The molecule has 0 spiro atoms. The number of hydrogen-bond donors (Lipinski definition) is 0. The Morgan fingerprint density at radius 2 is 1.83 bits per heavy atom. The number of thiazole rings is 1. The molecule has 0 saturated heterocycles. The van der Waals surface area contributed by atoms with E-state index in [1.165, 1.54) is 5.56 Å². The highest BCUT2D eigenvalue weighted by molar-refractivity contribution is 7.13. The molecule has 0 aliphatic carbocycles. The number of benzene rings is 2. The van der Waals surface area contributed by atoms with Gasteiger partial charge in [-0.1, -0.05) is 12.1 Å². The highest BCUT2D eigenvalue weighted by Gasteiger charge is 2.23. The fourth-order valence-corrected chi connectivity index (χ4v) is 4.46. The van der Waals surface area contributed by atoms with Crippen molar-refractivity contribution < 1.29 is 19.0 Å². The third-order valence-corrected chi connectivity index (χ3v) is 6.21. The molecule has 6 nitrogen and oxygen atoms in total. The van der Waals surface area contributed by atoms with Crippen LogP contribution in [0.4, 0.5) is 0 Å². The molecule has 4 rings (SSSR count). The maximum absolute atomic E-state index is 12.9. The maximum atomic E-state index is 12.9. The molecule has 2 heterocycles. The predicted molar refractivity (Wildman–Crippen MR) is 116 cm³/mol. The molecule has 0 fully saturated rings. The van der Waals surface area contributed by atoms with Crippen molar-refractivity contribution in [1.29, 1.82) is 0 Å². The summed E-state index contributed by atoms with van der Waals surface area (Å²) in [4.78, 5) is 19.5. The summed E-state index contributed by atoms with van der Waals surface area (Å²) < 4.78 is 16.1. The minimum atomic E-state index is 0.0814. The molecular weight excluding hydrogens is 400 g/mol. The topological polar surface area (TPSA) is 60.9 Å². The number of aromatic nitrogens is 1. The van der Waals surface area contributed by atoms with Gasteiger partial charge in [-0.05, 0) is 41.8 Å². The molecule has 156 valence electrons. The summed E-state index contributed by atoms with van der Waals surface area (Å²) >= 11 is 1.54. The fraction of sp³-hybridized carbons (Fsp3) is 0.304. The number of carbonyl (C=O) groups excluding carboxylic acids is 1. The molecule has 1 aliphatic rings. The number of amides is 1. The van der Waals surface area contributed by atoms with Gasteiger partial charge in [0.05, 0.1) is 33.4 Å². The minimum absolute atomic E-state index is 0.0814. The molecule has 1 amide bonds. The standard InChI is InChI=1S/C23H24N2O4S/c1-27-19-6-4-5-16(9-19)23-24-18(14-30-23)12-22(26)25-8-7-15-10-20(28-2)21(29-3)11-17(15)13-25/h4-6,9-11,14H,7-8,12-13H2,1-3H3. The summed E-state index contributed by atoms with van der Waals surface area (Å²) in [6.45, 7) is 1.26. The normalized spacial score (nSPS) is 13.0. The third kappa shape index (κ3) is 4.11. The van der Waals surface area contributed by atoms with Gasteiger partial charge in [0, 0.05) is 24.0 Å². The molecular formula is C23H24N2O4S. The van der Waals surface area contributed by atoms with Crippen LogP contribution in [0.3, 0.4) is 0 Å². The van der Waals surface area contributed by atoms with Gasteiger partial charge in [0.1, 0.15) is 10.8 Å². The van der Waals surface area contributed by atoms with Crippen LogP contribution in [0.1, 0.15) is 16.8 Å². The van der Waals surface area contributed by atoms with E-state index in [1.807, 2.05) is 46.7 Å². The first kappa shape index (κ1) is 20.2. The lowest BCUT2D eigenvalue weighted by molar-refractivity contribution is -0.131. The third-order valence-electron chi connectivity index (χ3n) is 5.27. The van der Waals surface area contributed by atoms with E-state index < -0.39 is 0 Å². The smallest absolute Gasteiger partial charge is 0.228 e. The number of hydrogen-bond acceptors (Lipinski definition) is 6. The van der Waals surface area contributed by atoms with E-state index in [0.29, 0.717) is 25.3 Å². The Morgan fingerprint density at radius 3 is 2.57 bits per heavy atom. The molecule has 1 aromatic heterocycles. The number of rotatable bonds is 6. The van der Waals surface area contributed by atoms with E-state index in [-0.39, 0.29) is 5.91 Å². The van der Waals surface area contributed by atoms with Gasteiger partial charge in [0.25, 0.3) is 0 Å². The zero-order valence-electron chi connectivity index (χ0n) is 17.3. The molecule has 0 N–H and O–H groups in total. The largest absolute Gasteiger partial charge is 0.497 e. The van der Waals surface area contributed by atoms with Crippen molar-refractivity contribution in [1.82, 2.24) is 9.88 Å². The molecule has 0 unspecified atom stereocenters. The Hall–Kier alpha value is -3.06. The SMILES string of the molecule is COc1cccc(-c2nc(CC(=O)N3CCc4cc(OC)c(OC)cc4C3)cs2)c1. The quantitative estimate of drug-likeness (QED) is 0.599. The number of methoxy groups -OCH3 is 3. The van der Waals surface area contributed by atoms with Crippen LogP contribution in [0.25, 0.3) is 10.6 Å². The lowest BCUT2D eigenvalue weighted by Crippen LogP contribution is -2.37. The maximum Gasteiger partial charge on any atom is 0.228 e. The highest BCUT2D eigenvalue weighted by atomic mass is 32.1. The van der Waals surface area contributed by atoms with E-state index in [4.69, 9.17) is 14.2 Å². The number of nitrogens with zero attached hydrogens (tertiary/aromatic N) is 2. The summed E-state index contributed by atoms with van der Waals surface area (Å²) in [5.74, 6) is 2.29. The van der Waals surface area contributed by atoms with Gasteiger partial charge in [0.15, 0.2) is 11.5 Å². The van der Waals surface area contributed by atoms with Gasteiger partial charge in [-0.15, -0.1) is 11.3 Å². The summed E-state index contributed by atoms with van der Waals surface area (Å²) in [6.07, 6.45) is 1.09. The number of fused-ring (bicyclic) bond motifs is 1. The zero-order chi connectivity index (χ0) is 21.1. The van der Waals surface area contributed by atoms with Crippen molar-refractivity contribution in [3.8, 4) is 27.8 Å². The summed E-state index contributed by atoms with van der Waals surface area (Å²) in [6, 6.07) is 11.8. The van der Waals surface area contributed by atoms with Crippen LogP contribution >= 0.6 is 11.3 Å². The molecule has 3 aromatic rings. The van der Waals surface area contributed by atoms with Crippen molar-refractivity contribution in [3.05, 3.63) is 58.6 Å². The predicted octanol–water partition coefficient (Wildman–Crippen LogP) is 3.96. The van der Waals surface area contributed by atoms with Crippen LogP contribution in [0.5, 0.6) is 17.2 Å². The molecule has 0 radical (unpaired) electrons. The van der Waals surface area contributed by atoms with Crippen LogP contribution in [-0.4, -0.2) is 43.7 Å². The van der Waals surface area contributed by atoms with Gasteiger partial charge < -0.3 is 19.1 Å².